The van der Waals surface area contributed by atoms with Crippen LogP contribution in [0.4, 0.5) is 0 Å². The number of ether oxygens (including phenoxy) is 1. The van der Waals surface area contributed by atoms with Crippen LogP contribution >= 0.6 is 0 Å². The lowest BCUT2D eigenvalue weighted by atomic mass is 9.77. The van der Waals surface area contributed by atoms with Crippen molar-refractivity contribution >= 4 is 61.7 Å². The summed E-state index contributed by atoms with van der Waals surface area (Å²) in [6, 6.07) is 82.9. The van der Waals surface area contributed by atoms with Crippen LogP contribution in [-0.4, -0.2) is 22.2 Å². The van der Waals surface area contributed by atoms with Crippen molar-refractivity contribution < 1.29 is 16.2 Å². The molecule has 0 saturated carbocycles. The molecule has 6 heteroatoms. The SMILES string of the molecule is [2H]c1c([2H])c([2H])c(-c2cc3c4c(c2)n(-c2cccc(Oc5ccc6c7cc([Si](c8ccccc8)(c8ccccc8)c8ccccc8)ccc7n(-c7cc(C(C)(C)C)ccn7)c6c5)c2)[c-][n+]4-c2c(cc(C(C)(C)C)cc2C(C)(C)C)-c2ccccc2-c2ccccc2-3)c([2H])c1[2H]. The molecule has 11 aromatic carbocycles. The minimum Gasteiger partial charge on any atom is -0.458 e. The van der Waals surface area contributed by atoms with Gasteiger partial charge in [-0.2, -0.15) is 0 Å². The summed E-state index contributed by atoms with van der Waals surface area (Å²) >= 11 is 0. The first-order valence-corrected chi connectivity index (χ1v) is 33.1. The fraction of sp³-hybridized carbons (Fsp3) is 0.143. The number of hydrogen-bond donors (Lipinski definition) is 0. The maximum Gasteiger partial charge on any atom is 0.269 e. The molecule has 14 aromatic rings. The number of pyridine rings is 1. The topological polar surface area (TPSA) is 35.9 Å². The minimum atomic E-state index is -2.92. The average Bonchev–Trinajstić information content (AvgIpc) is 1.62. The predicted molar refractivity (Wildman–Crippen MR) is 377 cm³/mol. The smallest absolute Gasteiger partial charge is 0.269 e. The van der Waals surface area contributed by atoms with Gasteiger partial charge in [0.2, 0.25) is 0 Å². The van der Waals surface area contributed by atoms with Crippen molar-refractivity contribution in [3.8, 4) is 73.2 Å². The fourth-order valence-electron chi connectivity index (χ4n) is 13.8. The van der Waals surface area contributed by atoms with Crippen LogP contribution in [-0.2, 0) is 16.2 Å². The van der Waals surface area contributed by atoms with Crippen molar-refractivity contribution in [2.75, 3.05) is 0 Å². The van der Waals surface area contributed by atoms with Crippen molar-refractivity contribution in [3.63, 3.8) is 0 Å². The number of imidazole rings is 1. The quantitative estimate of drug-likeness (QED) is 0.0625. The maximum absolute atomic E-state index is 9.40. The number of rotatable bonds is 9. The van der Waals surface area contributed by atoms with Gasteiger partial charge >= 0.3 is 0 Å². The zero-order valence-electron chi connectivity index (χ0n) is 57.3. The van der Waals surface area contributed by atoms with Gasteiger partial charge in [-0.3, -0.25) is 13.7 Å². The summed E-state index contributed by atoms with van der Waals surface area (Å²) in [5.74, 6) is 2.02. The van der Waals surface area contributed by atoms with Crippen LogP contribution in [0.15, 0.2) is 273 Å². The highest BCUT2D eigenvalue weighted by atomic mass is 28.3. The molecule has 438 valence electrons. The lowest BCUT2D eigenvalue weighted by Crippen LogP contribution is -2.74. The van der Waals surface area contributed by atoms with Crippen molar-refractivity contribution in [2.45, 2.75) is 78.6 Å². The molecule has 0 spiro atoms. The number of aromatic nitrogens is 4. The van der Waals surface area contributed by atoms with Gasteiger partial charge in [0.15, 0.2) is 8.07 Å². The largest absolute Gasteiger partial charge is 0.458 e. The third-order valence-corrected chi connectivity index (χ3v) is 23.0. The van der Waals surface area contributed by atoms with Gasteiger partial charge in [-0.05, 0) is 153 Å². The van der Waals surface area contributed by atoms with Crippen LogP contribution in [0.2, 0.25) is 0 Å². The molecular formula is C84H72N4OSi. The molecule has 4 heterocycles. The van der Waals surface area contributed by atoms with E-state index < -0.39 is 26.2 Å². The van der Waals surface area contributed by atoms with Gasteiger partial charge in [0.25, 0.3) is 6.33 Å². The Morgan fingerprint density at radius 1 is 0.433 bits per heavy atom. The number of fused-ring (bicyclic) bond motifs is 10. The second-order valence-electron chi connectivity index (χ2n) is 27.0. The van der Waals surface area contributed by atoms with Gasteiger partial charge in [-0.15, -0.1) is 0 Å². The van der Waals surface area contributed by atoms with Gasteiger partial charge in [-0.25, -0.2) is 4.98 Å². The second kappa shape index (κ2) is 21.6. The molecule has 0 bridgehead atoms. The van der Waals surface area contributed by atoms with Crippen LogP contribution in [0.1, 0.15) is 85.9 Å². The third kappa shape index (κ3) is 9.51. The Hall–Kier alpha value is -10.1. The van der Waals surface area contributed by atoms with E-state index in [-0.39, 0.29) is 33.9 Å². The van der Waals surface area contributed by atoms with E-state index in [1.54, 1.807) is 0 Å². The van der Waals surface area contributed by atoms with E-state index in [2.05, 4.69) is 272 Å². The molecule has 1 aliphatic heterocycles. The summed E-state index contributed by atoms with van der Waals surface area (Å²) in [4.78, 5) is 5.12. The number of benzene rings is 11. The highest BCUT2D eigenvalue weighted by Crippen LogP contribution is 2.48. The second-order valence-corrected chi connectivity index (χ2v) is 30.8. The Morgan fingerprint density at radius 3 is 1.63 bits per heavy atom. The van der Waals surface area contributed by atoms with E-state index in [9.17, 15) is 2.74 Å². The molecule has 1 aliphatic rings. The molecule has 0 N–H and O–H groups in total. The summed E-state index contributed by atoms with van der Waals surface area (Å²) in [5, 5.41) is 7.33. The molecule has 0 amide bonds. The normalized spacial score (nSPS) is 13.3. The van der Waals surface area contributed by atoms with E-state index in [0.29, 0.717) is 22.6 Å². The van der Waals surface area contributed by atoms with E-state index in [0.717, 1.165) is 83.5 Å². The van der Waals surface area contributed by atoms with Crippen LogP contribution in [0.5, 0.6) is 11.5 Å². The van der Waals surface area contributed by atoms with Crippen molar-refractivity contribution in [2.24, 2.45) is 0 Å². The Bertz CT molecular complexity index is 5280. The molecule has 15 rings (SSSR count). The summed E-state index contributed by atoms with van der Waals surface area (Å²) in [5.41, 5.74) is 14.5. The monoisotopic (exact) mass is 1190 g/mol. The summed E-state index contributed by atoms with van der Waals surface area (Å²) in [6.45, 7) is 20.3. The van der Waals surface area contributed by atoms with Gasteiger partial charge < -0.3 is 4.74 Å². The Kier molecular flexibility index (Phi) is 12.2. The zero-order valence-corrected chi connectivity index (χ0v) is 53.3. The number of nitrogens with zero attached hydrogens (tertiary/aromatic N) is 4. The molecule has 0 unspecified atom stereocenters. The van der Waals surface area contributed by atoms with Gasteiger partial charge in [0.05, 0.1) is 40.3 Å². The summed E-state index contributed by atoms with van der Waals surface area (Å²) in [7, 11) is -2.92. The molecule has 0 aliphatic carbocycles. The van der Waals surface area contributed by atoms with Crippen LogP contribution in [0.3, 0.4) is 0 Å². The first-order valence-electron chi connectivity index (χ1n) is 33.6. The first kappa shape index (κ1) is 50.8. The molecule has 0 atom stereocenters. The van der Waals surface area contributed by atoms with Crippen molar-refractivity contribution in [3.05, 3.63) is 296 Å². The minimum absolute atomic E-state index is 0.114. The molecule has 0 saturated heterocycles. The Morgan fingerprint density at radius 2 is 1.02 bits per heavy atom. The van der Waals surface area contributed by atoms with Gasteiger partial charge in [0.1, 0.15) is 17.3 Å². The third-order valence-electron chi connectivity index (χ3n) is 18.2. The maximum atomic E-state index is 9.40. The summed E-state index contributed by atoms with van der Waals surface area (Å²) < 4.78 is 58.9. The van der Waals surface area contributed by atoms with Gasteiger partial charge in [0, 0.05) is 23.0 Å². The van der Waals surface area contributed by atoms with Crippen LogP contribution < -0.4 is 30.1 Å². The zero-order chi connectivity index (χ0) is 66.0. The number of hydrogen-bond acceptors (Lipinski definition) is 2. The lowest BCUT2D eigenvalue weighted by molar-refractivity contribution is -0.572. The molecular weight excluding hydrogens is 1110 g/mol. The van der Waals surface area contributed by atoms with Crippen LogP contribution in [0.25, 0.3) is 94.5 Å². The average molecular weight is 1190 g/mol. The molecule has 0 radical (unpaired) electrons. The Balaban J connectivity index is 0.961. The summed E-state index contributed by atoms with van der Waals surface area (Å²) in [6.07, 6.45) is 5.88. The van der Waals surface area contributed by atoms with Crippen molar-refractivity contribution in [1.82, 2.24) is 14.1 Å². The molecule has 5 nitrogen and oxygen atoms in total. The fourth-order valence-corrected chi connectivity index (χ4v) is 18.5. The van der Waals surface area contributed by atoms with Crippen molar-refractivity contribution in [1.29, 1.82) is 0 Å². The highest BCUT2D eigenvalue weighted by molar-refractivity contribution is 7.20. The molecule has 90 heavy (non-hydrogen) atoms. The van der Waals surface area contributed by atoms with Gasteiger partial charge in [-0.1, -0.05) is 268 Å². The predicted octanol–water partition coefficient (Wildman–Crippen LogP) is 18.2. The first-order chi connectivity index (χ1) is 45.6. The van der Waals surface area contributed by atoms with E-state index in [1.807, 2.05) is 53.2 Å². The molecule has 0 fully saturated rings. The molecule has 3 aromatic heterocycles. The van der Waals surface area contributed by atoms with E-state index >= 15 is 0 Å². The highest BCUT2D eigenvalue weighted by Gasteiger charge is 2.42. The standard InChI is InChI=1S/C84H72N4OSi/c1-82(2,3)58-45-46-85-79(51-58)88-76-44-42-66(90(63-31-16-11-17-32-63,64-33-18-12-19-34-64)65-35-20-13-21-36-65)54-72(76)71-43-41-62(53-77(71)88)89-61-30-26-29-60(52-61)86-55-87-80-74(49-59(83(4,5)6)50-75(80)84(7,8)9)70-40-25-23-38-68(70)67-37-22-24-39-69(67)73-47-57(48-78(86)81(73)87)56-27-14-10-15-28-56/h10-54H,1-9H3/i10D,14D,15D,27D,28D. The van der Waals surface area contributed by atoms with E-state index in [4.69, 9.17) is 13.8 Å². The Labute approximate surface area is 536 Å². The van der Waals surface area contributed by atoms with E-state index in [1.165, 1.54) is 31.9 Å². The van der Waals surface area contributed by atoms with Crippen LogP contribution in [0, 0.1) is 6.33 Å². The lowest BCUT2D eigenvalue weighted by Gasteiger charge is -2.34.